The normalized spacial score (nSPS) is 12.7. The highest BCUT2D eigenvalue weighted by atomic mass is 16.6. The van der Waals surface area contributed by atoms with Crippen molar-refractivity contribution in [2.45, 2.75) is 32.8 Å². The molecule has 1 unspecified atom stereocenters. The van der Waals surface area contributed by atoms with Crippen LogP contribution in [-0.4, -0.2) is 77.3 Å². The van der Waals surface area contributed by atoms with Crippen molar-refractivity contribution in [1.82, 2.24) is 0 Å². The highest BCUT2D eigenvalue weighted by Crippen LogP contribution is 1.99. The zero-order chi connectivity index (χ0) is 15.6. The number of hydrogen-bond donors (Lipinski definition) is 1. The van der Waals surface area contributed by atoms with Gasteiger partial charge in [-0.3, -0.25) is 0 Å². The molecule has 0 spiro atoms. The molecule has 0 aromatic heterocycles. The zero-order valence-corrected chi connectivity index (χ0v) is 13.6. The Morgan fingerprint density at radius 2 is 1.29 bits per heavy atom. The van der Waals surface area contributed by atoms with E-state index in [2.05, 4.69) is 13.8 Å². The number of aliphatic hydroxyl groups excluding tert-OH is 1. The standard InChI is InChI=1S/C15H32O6/c1-3-6-17-10-11-20-14-15(4-2)21-13-12-19-9-8-18-7-5-16/h15-16H,3-14H2,1-2H3. The van der Waals surface area contributed by atoms with Gasteiger partial charge < -0.3 is 28.8 Å². The summed E-state index contributed by atoms with van der Waals surface area (Å²) in [6.07, 6.45) is 2.05. The molecule has 1 atom stereocenters. The first-order valence-electron chi connectivity index (χ1n) is 7.88. The van der Waals surface area contributed by atoms with Crippen molar-refractivity contribution in [3.05, 3.63) is 0 Å². The van der Waals surface area contributed by atoms with Gasteiger partial charge in [-0.25, -0.2) is 0 Å². The van der Waals surface area contributed by atoms with Crippen molar-refractivity contribution in [2.75, 3.05) is 66.1 Å². The number of hydrogen-bond acceptors (Lipinski definition) is 6. The summed E-state index contributed by atoms with van der Waals surface area (Å²) in [5.41, 5.74) is 0. The van der Waals surface area contributed by atoms with E-state index in [1.807, 2.05) is 0 Å². The minimum atomic E-state index is 0.0464. The fraction of sp³-hybridized carbons (Fsp3) is 1.00. The lowest BCUT2D eigenvalue weighted by molar-refractivity contribution is -0.0530. The Kier molecular flexibility index (Phi) is 17.6. The topological polar surface area (TPSA) is 66.4 Å². The van der Waals surface area contributed by atoms with Gasteiger partial charge in [-0.15, -0.1) is 0 Å². The van der Waals surface area contributed by atoms with Crippen LogP contribution in [0.1, 0.15) is 26.7 Å². The molecule has 0 aromatic rings. The molecular formula is C15H32O6. The summed E-state index contributed by atoms with van der Waals surface area (Å²) in [6.45, 7) is 9.30. The van der Waals surface area contributed by atoms with E-state index in [4.69, 9.17) is 28.8 Å². The van der Waals surface area contributed by atoms with Gasteiger partial charge in [0.25, 0.3) is 0 Å². The summed E-state index contributed by atoms with van der Waals surface area (Å²) in [5.74, 6) is 0. The Bertz CT molecular complexity index is 191. The molecule has 0 bridgehead atoms. The van der Waals surface area contributed by atoms with Crippen LogP contribution in [0.5, 0.6) is 0 Å². The lowest BCUT2D eigenvalue weighted by atomic mass is 10.3. The number of aliphatic hydroxyl groups is 1. The van der Waals surface area contributed by atoms with Crippen molar-refractivity contribution < 1.29 is 28.8 Å². The summed E-state index contributed by atoms with van der Waals surface area (Å²) in [6, 6.07) is 0. The quantitative estimate of drug-likeness (QED) is 0.408. The number of rotatable bonds is 17. The fourth-order valence-corrected chi connectivity index (χ4v) is 1.52. The van der Waals surface area contributed by atoms with Crippen LogP contribution >= 0.6 is 0 Å². The van der Waals surface area contributed by atoms with E-state index in [1.165, 1.54) is 0 Å². The molecule has 0 aliphatic rings. The van der Waals surface area contributed by atoms with E-state index >= 15 is 0 Å². The van der Waals surface area contributed by atoms with Gasteiger partial charge in [0.15, 0.2) is 0 Å². The summed E-state index contributed by atoms with van der Waals surface area (Å²) in [7, 11) is 0. The van der Waals surface area contributed by atoms with E-state index in [9.17, 15) is 0 Å². The molecule has 21 heavy (non-hydrogen) atoms. The van der Waals surface area contributed by atoms with Crippen LogP contribution in [0.2, 0.25) is 0 Å². The number of ether oxygens (including phenoxy) is 5. The smallest absolute Gasteiger partial charge is 0.0807 e. The van der Waals surface area contributed by atoms with E-state index < -0.39 is 0 Å². The predicted molar refractivity (Wildman–Crippen MR) is 80.7 cm³/mol. The molecular weight excluding hydrogens is 276 g/mol. The molecule has 0 aliphatic carbocycles. The van der Waals surface area contributed by atoms with Crippen LogP contribution in [0, 0.1) is 0 Å². The molecule has 0 rings (SSSR count). The molecule has 0 aromatic carbocycles. The molecule has 6 nitrogen and oxygen atoms in total. The van der Waals surface area contributed by atoms with Crippen LogP contribution in [0.15, 0.2) is 0 Å². The first-order valence-corrected chi connectivity index (χ1v) is 7.88. The molecule has 0 heterocycles. The van der Waals surface area contributed by atoms with Gasteiger partial charge in [0.05, 0.1) is 65.6 Å². The Hall–Kier alpha value is -0.240. The third kappa shape index (κ3) is 16.0. The Morgan fingerprint density at radius 3 is 1.90 bits per heavy atom. The monoisotopic (exact) mass is 308 g/mol. The summed E-state index contributed by atoms with van der Waals surface area (Å²) in [5, 5.41) is 8.52. The molecule has 0 amide bonds. The van der Waals surface area contributed by atoms with Crippen molar-refractivity contribution in [3.63, 3.8) is 0 Å². The largest absolute Gasteiger partial charge is 0.394 e. The molecule has 1 N–H and O–H groups in total. The average Bonchev–Trinajstić information content (AvgIpc) is 2.51. The van der Waals surface area contributed by atoms with Crippen molar-refractivity contribution in [1.29, 1.82) is 0 Å². The van der Waals surface area contributed by atoms with Crippen LogP contribution in [-0.2, 0) is 23.7 Å². The Balaban J connectivity index is 3.28. The Morgan fingerprint density at radius 1 is 0.714 bits per heavy atom. The average molecular weight is 308 g/mol. The molecule has 0 saturated carbocycles. The van der Waals surface area contributed by atoms with Crippen molar-refractivity contribution in [2.24, 2.45) is 0 Å². The third-order valence-electron chi connectivity index (χ3n) is 2.67. The maximum atomic E-state index is 8.52. The van der Waals surface area contributed by atoms with Gasteiger partial charge in [0, 0.05) is 6.61 Å². The third-order valence-corrected chi connectivity index (χ3v) is 2.67. The SMILES string of the molecule is CCCOCCOCC(CC)OCCOCCOCCO. The maximum Gasteiger partial charge on any atom is 0.0807 e. The summed E-state index contributed by atoms with van der Waals surface area (Å²) in [4.78, 5) is 0. The highest BCUT2D eigenvalue weighted by Gasteiger charge is 2.06. The zero-order valence-electron chi connectivity index (χ0n) is 13.6. The first-order chi connectivity index (χ1) is 10.3. The lowest BCUT2D eigenvalue weighted by Crippen LogP contribution is -2.23. The second kappa shape index (κ2) is 17.8. The summed E-state index contributed by atoms with van der Waals surface area (Å²) >= 11 is 0. The van der Waals surface area contributed by atoms with Gasteiger partial charge >= 0.3 is 0 Å². The Labute approximate surface area is 128 Å². The fourth-order valence-electron chi connectivity index (χ4n) is 1.52. The van der Waals surface area contributed by atoms with Gasteiger partial charge in [0.1, 0.15) is 0 Å². The maximum absolute atomic E-state index is 8.52. The molecule has 0 fully saturated rings. The van der Waals surface area contributed by atoms with Crippen LogP contribution in [0.25, 0.3) is 0 Å². The minimum absolute atomic E-state index is 0.0464. The van der Waals surface area contributed by atoms with E-state index in [0.29, 0.717) is 52.9 Å². The van der Waals surface area contributed by atoms with E-state index in [1.54, 1.807) is 0 Å². The van der Waals surface area contributed by atoms with Gasteiger partial charge in [-0.1, -0.05) is 13.8 Å². The van der Waals surface area contributed by atoms with Crippen LogP contribution in [0.4, 0.5) is 0 Å². The summed E-state index contributed by atoms with van der Waals surface area (Å²) < 4.78 is 27.0. The van der Waals surface area contributed by atoms with Crippen LogP contribution < -0.4 is 0 Å². The van der Waals surface area contributed by atoms with Gasteiger partial charge in [-0.05, 0) is 12.8 Å². The minimum Gasteiger partial charge on any atom is -0.394 e. The van der Waals surface area contributed by atoms with E-state index in [0.717, 1.165) is 19.4 Å². The second-order valence-corrected chi connectivity index (χ2v) is 4.54. The van der Waals surface area contributed by atoms with E-state index in [-0.39, 0.29) is 12.7 Å². The lowest BCUT2D eigenvalue weighted by Gasteiger charge is -2.16. The highest BCUT2D eigenvalue weighted by molar-refractivity contribution is 4.53. The van der Waals surface area contributed by atoms with Gasteiger partial charge in [-0.2, -0.15) is 0 Å². The van der Waals surface area contributed by atoms with Gasteiger partial charge in [0.2, 0.25) is 0 Å². The molecule has 6 heteroatoms. The molecule has 128 valence electrons. The van der Waals surface area contributed by atoms with Crippen molar-refractivity contribution in [3.8, 4) is 0 Å². The molecule has 0 saturated heterocycles. The first kappa shape index (κ1) is 20.8. The molecule has 0 radical (unpaired) electrons. The van der Waals surface area contributed by atoms with Crippen LogP contribution in [0.3, 0.4) is 0 Å². The predicted octanol–water partition coefficient (Wildman–Crippen LogP) is 1.25. The second-order valence-electron chi connectivity index (χ2n) is 4.54. The van der Waals surface area contributed by atoms with Crippen molar-refractivity contribution >= 4 is 0 Å². The molecule has 0 aliphatic heterocycles.